The van der Waals surface area contributed by atoms with Gasteiger partial charge in [0.1, 0.15) is 0 Å². The van der Waals surface area contributed by atoms with E-state index in [9.17, 15) is 19.2 Å². The molecule has 0 aromatic heterocycles. The van der Waals surface area contributed by atoms with Crippen molar-refractivity contribution in [1.82, 2.24) is 5.32 Å². The summed E-state index contributed by atoms with van der Waals surface area (Å²) >= 11 is 0. The van der Waals surface area contributed by atoms with E-state index in [1.54, 1.807) is 12.1 Å². The molecule has 0 bridgehead atoms. The van der Waals surface area contributed by atoms with Crippen molar-refractivity contribution in [3.63, 3.8) is 0 Å². The van der Waals surface area contributed by atoms with Crippen LogP contribution in [0.1, 0.15) is 59.6 Å². The first-order valence-corrected chi connectivity index (χ1v) is 13.0. The van der Waals surface area contributed by atoms with Crippen LogP contribution in [0.4, 0.5) is 5.69 Å². The second kappa shape index (κ2) is 11.0. The van der Waals surface area contributed by atoms with E-state index in [0.717, 1.165) is 12.0 Å². The highest BCUT2D eigenvalue weighted by Gasteiger charge is 2.50. The average molecular weight is 511 g/mol. The summed E-state index contributed by atoms with van der Waals surface area (Å²) in [5, 5.41) is 2.80. The number of nitrogens with one attached hydrogen (secondary N) is 1. The van der Waals surface area contributed by atoms with E-state index < -0.39 is 18.5 Å². The third kappa shape index (κ3) is 5.23. The van der Waals surface area contributed by atoms with Crippen molar-refractivity contribution in [2.75, 3.05) is 11.5 Å². The van der Waals surface area contributed by atoms with Gasteiger partial charge in [-0.05, 0) is 67.5 Å². The van der Waals surface area contributed by atoms with E-state index in [0.29, 0.717) is 18.5 Å². The Morgan fingerprint density at radius 2 is 1.50 bits per heavy atom. The largest absolute Gasteiger partial charge is 0.452 e. The second-order valence-corrected chi connectivity index (χ2v) is 9.97. The van der Waals surface area contributed by atoms with Crippen molar-refractivity contribution < 1.29 is 23.9 Å². The van der Waals surface area contributed by atoms with Crippen molar-refractivity contribution in [3.05, 3.63) is 102 Å². The monoisotopic (exact) mass is 510 g/mol. The molecular formula is C31H30N2O5. The molecule has 1 aliphatic heterocycles. The van der Waals surface area contributed by atoms with Crippen molar-refractivity contribution in [1.29, 1.82) is 0 Å². The Labute approximate surface area is 221 Å². The zero-order valence-electron chi connectivity index (χ0n) is 21.2. The Morgan fingerprint density at radius 1 is 0.868 bits per heavy atom. The third-order valence-corrected chi connectivity index (χ3v) is 7.57. The Kier molecular flexibility index (Phi) is 7.36. The quantitative estimate of drug-likeness (QED) is 0.364. The van der Waals surface area contributed by atoms with Crippen LogP contribution >= 0.6 is 0 Å². The molecule has 1 aliphatic carbocycles. The number of rotatable bonds is 7. The number of anilines is 1. The minimum Gasteiger partial charge on any atom is -0.452 e. The second-order valence-electron chi connectivity index (χ2n) is 9.97. The van der Waals surface area contributed by atoms with Gasteiger partial charge in [0, 0.05) is 0 Å². The Hall–Kier alpha value is -4.26. The Bertz CT molecular complexity index is 1320. The van der Waals surface area contributed by atoms with Gasteiger partial charge in [-0.2, -0.15) is 0 Å². The van der Waals surface area contributed by atoms with Gasteiger partial charge in [-0.25, -0.2) is 4.79 Å². The molecule has 7 heteroatoms. The van der Waals surface area contributed by atoms with Crippen LogP contribution in [0.15, 0.2) is 84.9 Å². The molecule has 7 nitrogen and oxygen atoms in total. The highest BCUT2D eigenvalue weighted by atomic mass is 16.5. The molecule has 0 radical (unpaired) electrons. The third-order valence-electron chi connectivity index (χ3n) is 7.57. The van der Waals surface area contributed by atoms with Gasteiger partial charge in [-0.15, -0.1) is 0 Å². The van der Waals surface area contributed by atoms with E-state index in [2.05, 4.69) is 17.4 Å². The fourth-order valence-corrected chi connectivity index (χ4v) is 5.53. The highest BCUT2D eigenvalue weighted by Crippen LogP contribution is 2.45. The number of carbonyl (C=O) groups excluding carboxylic acids is 4. The molecule has 0 spiro atoms. The van der Waals surface area contributed by atoms with Gasteiger partial charge in [0.05, 0.1) is 29.1 Å². The number of hydrogen-bond donors (Lipinski definition) is 1. The summed E-state index contributed by atoms with van der Waals surface area (Å²) in [5.41, 5.74) is 2.83. The molecule has 194 valence electrons. The van der Waals surface area contributed by atoms with Gasteiger partial charge in [0.15, 0.2) is 6.61 Å². The Balaban J connectivity index is 1.18. The number of ether oxygens (including phenoxy) is 1. The molecule has 3 aromatic rings. The number of esters is 1. The van der Waals surface area contributed by atoms with Gasteiger partial charge in [0.2, 0.25) is 11.8 Å². The molecule has 0 unspecified atom stereocenters. The summed E-state index contributed by atoms with van der Waals surface area (Å²) < 4.78 is 5.17. The van der Waals surface area contributed by atoms with E-state index in [4.69, 9.17) is 4.74 Å². The summed E-state index contributed by atoms with van der Waals surface area (Å²) in [6, 6.07) is 25.6. The smallest absolute Gasteiger partial charge is 0.338 e. The summed E-state index contributed by atoms with van der Waals surface area (Å²) in [5.74, 6) is -1.79. The molecule has 4 atom stereocenters. The molecule has 38 heavy (non-hydrogen) atoms. The molecule has 1 N–H and O–H groups in total. The number of fused-ring (bicyclic) bond motifs is 1. The summed E-state index contributed by atoms with van der Waals surface area (Å²) in [6.07, 6.45) is 2.21. The zero-order chi connectivity index (χ0) is 26.6. The van der Waals surface area contributed by atoms with Crippen LogP contribution in [0, 0.1) is 11.8 Å². The van der Waals surface area contributed by atoms with E-state index in [1.807, 2.05) is 55.5 Å². The zero-order valence-corrected chi connectivity index (χ0v) is 21.2. The number of benzene rings is 3. The van der Waals surface area contributed by atoms with Crippen molar-refractivity contribution in [2.24, 2.45) is 11.8 Å². The first-order valence-electron chi connectivity index (χ1n) is 13.0. The van der Waals surface area contributed by atoms with Crippen LogP contribution in [0.5, 0.6) is 0 Å². The fraction of sp³-hybridized carbons (Fsp3) is 0.290. The normalized spacial score (nSPS) is 21.5. The van der Waals surface area contributed by atoms with Gasteiger partial charge in [-0.3, -0.25) is 19.3 Å². The fourth-order valence-electron chi connectivity index (χ4n) is 5.53. The van der Waals surface area contributed by atoms with Gasteiger partial charge in [-0.1, -0.05) is 60.7 Å². The lowest BCUT2D eigenvalue weighted by atomic mass is 9.73. The number of imide groups is 1. The molecule has 5 rings (SSSR count). The minimum absolute atomic E-state index is 0.175. The highest BCUT2D eigenvalue weighted by molar-refractivity contribution is 6.22. The lowest BCUT2D eigenvalue weighted by Crippen LogP contribution is -2.31. The SMILES string of the molecule is C[C@H](NC(=O)COC(=O)c1ccc(N2C(=O)[C@@H]3CC[C@@H](c4ccccc4)C[C@H]3C2=O)cc1)c1ccccc1. The first kappa shape index (κ1) is 25.4. The van der Waals surface area contributed by atoms with Crippen molar-refractivity contribution in [2.45, 2.75) is 38.1 Å². The molecule has 1 heterocycles. The van der Waals surface area contributed by atoms with Crippen LogP contribution in [-0.2, 0) is 19.1 Å². The van der Waals surface area contributed by atoms with Crippen LogP contribution in [0.25, 0.3) is 0 Å². The van der Waals surface area contributed by atoms with Gasteiger partial charge >= 0.3 is 5.97 Å². The number of carbonyl (C=O) groups is 4. The van der Waals surface area contributed by atoms with Crippen LogP contribution in [-0.4, -0.2) is 30.3 Å². The number of hydrogen-bond acceptors (Lipinski definition) is 5. The maximum Gasteiger partial charge on any atom is 0.338 e. The summed E-state index contributed by atoms with van der Waals surface area (Å²) in [7, 11) is 0. The van der Waals surface area contributed by atoms with E-state index in [1.165, 1.54) is 22.6 Å². The van der Waals surface area contributed by atoms with Gasteiger partial charge < -0.3 is 10.1 Å². The molecule has 3 amide bonds. The predicted octanol–water partition coefficient (Wildman–Crippen LogP) is 4.79. The molecule has 1 saturated heterocycles. The topological polar surface area (TPSA) is 92.8 Å². The summed E-state index contributed by atoms with van der Waals surface area (Å²) in [6.45, 7) is 1.44. The standard InChI is InChI=1S/C31H30N2O5/c1-20(21-8-4-2-5-9-21)32-28(34)19-38-31(37)23-12-15-25(16-13-23)33-29(35)26-17-14-24(18-27(26)30(33)36)22-10-6-3-7-11-22/h2-13,15-16,20,24,26-27H,14,17-19H2,1H3,(H,32,34)/t20-,24+,26+,27+/m0/s1. The molecular weight excluding hydrogens is 480 g/mol. The average Bonchev–Trinajstić information content (AvgIpc) is 3.21. The maximum atomic E-state index is 13.3. The summed E-state index contributed by atoms with van der Waals surface area (Å²) in [4.78, 5) is 52.4. The van der Waals surface area contributed by atoms with Crippen molar-refractivity contribution in [3.8, 4) is 0 Å². The minimum atomic E-state index is -0.655. The van der Waals surface area contributed by atoms with Crippen LogP contribution < -0.4 is 10.2 Å². The molecule has 1 saturated carbocycles. The molecule has 2 aliphatic rings. The number of nitrogens with zero attached hydrogens (tertiary/aromatic N) is 1. The van der Waals surface area contributed by atoms with E-state index in [-0.39, 0.29) is 41.2 Å². The molecule has 3 aromatic carbocycles. The Morgan fingerprint density at radius 3 is 2.18 bits per heavy atom. The predicted molar refractivity (Wildman–Crippen MR) is 142 cm³/mol. The number of amides is 3. The van der Waals surface area contributed by atoms with Gasteiger partial charge in [0.25, 0.3) is 5.91 Å². The maximum absolute atomic E-state index is 13.3. The van der Waals surface area contributed by atoms with E-state index >= 15 is 0 Å². The lowest BCUT2D eigenvalue weighted by Gasteiger charge is -2.28. The van der Waals surface area contributed by atoms with Crippen LogP contribution in [0.3, 0.4) is 0 Å². The van der Waals surface area contributed by atoms with Crippen LogP contribution in [0.2, 0.25) is 0 Å². The van der Waals surface area contributed by atoms with Crippen molar-refractivity contribution >= 4 is 29.4 Å². The molecule has 2 fully saturated rings. The lowest BCUT2D eigenvalue weighted by molar-refractivity contribution is -0.125. The first-order chi connectivity index (χ1) is 18.4.